The molecule has 34 heavy (non-hydrogen) atoms. The molecule has 1 amide bonds. The summed E-state index contributed by atoms with van der Waals surface area (Å²) in [4.78, 5) is 17.3. The van der Waals surface area contributed by atoms with Crippen molar-refractivity contribution in [1.29, 1.82) is 0 Å². The van der Waals surface area contributed by atoms with Gasteiger partial charge in [-0.3, -0.25) is 4.79 Å². The minimum absolute atomic E-state index is 0.0574. The molecule has 0 spiro atoms. The number of ether oxygens (including phenoxy) is 2. The third kappa shape index (κ3) is 7.91. The van der Waals surface area contributed by atoms with Gasteiger partial charge in [0, 0.05) is 6.54 Å². The second-order valence-electron chi connectivity index (χ2n) is 7.64. The number of nitrogens with zero attached hydrogens (tertiary/aromatic N) is 1. The minimum Gasteiger partial charge on any atom is -0.484 e. The Morgan fingerprint density at radius 1 is 1.12 bits per heavy atom. The van der Waals surface area contributed by atoms with Gasteiger partial charge in [-0.05, 0) is 60.4 Å². The fraction of sp³-hybridized carbons (Fsp3) is 0.360. The maximum absolute atomic E-state index is 12.6. The molecule has 1 N–H and O–H groups in total. The van der Waals surface area contributed by atoms with Crippen molar-refractivity contribution in [1.82, 2.24) is 5.32 Å². The first-order valence-corrected chi connectivity index (χ1v) is 11.0. The number of amides is 1. The van der Waals surface area contributed by atoms with Crippen molar-refractivity contribution in [3.8, 4) is 5.75 Å². The van der Waals surface area contributed by atoms with Gasteiger partial charge in [-0.2, -0.15) is 13.2 Å². The van der Waals surface area contributed by atoms with Crippen LogP contribution in [-0.4, -0.2) is 38.0 Å². The quantitative estimate of drug-likeness (QED) is 0.302. The summed E-state index contributed by atoms with van der Waals surface area (Å²) in [5.41, 5.74) is 2.53. The van der Waals surface area contributed by atoms with Gasteiger partial charge >= 0.3 is 6.18 Å². The third-order valence-corrected chi connectivity index (χ3v) is 5.15. The predicted octanol–water partition coefficient (Wildman–Crippen LogP) is 4.88. The summed E-state index contributed by atoms with van der Waals surface area (Å²) in [5.74, 6) is 0.342. The molecule has 0 saturated carbocycles. The van der Waals surface area contributed by atoms with Gasteiger partial charge in [-0.25, -0.2) is 0 Å². The van der Waals surface area contributed by atoms with E-state index in [4.69, 9.17) is 14.3 Å². The summed E-state index contributed by atoms with van der Waals surface area (Å²) in [5, 5.41) is 6.96. The first-order valence-electron chi connectivity index (χ1n) is 11.0. The highest BCUT2D eigenvalue weighted by Crippen LogP contribution is 2.29. The summed E-state index contributed by atoms with van der Waals surface area (Å²) in [7, 11) is 0. The number of benzene rings is 2. The normalized spacial score (nSPS) is 14.4. The molecule has 0 radical (unpaired) electrons. The second kappa shape index (κ2) is 12.2. The Kier molecular flexibility index (Phi) is 9.09. The largest absolute Gasteiger partial charge is 0.484 e. The van der Waals surface area contributed by atoms with Crippen LogP contribution < -0.4 is 10.1 Å². The van der Waals surface area contributed by atoms with Crippen LogP contribution in [0.4, 0.5) is 13.2 Å². The molecule has 182 valence electrons. The Bertz CT molecular complexity index is 1000. The van der Waals surface area contributed by atoms with Crippen molar-refractivity contribution >= 4 is 11.6 Å². The molecule has 2 aromatic rings. The number of carbonyl (C=O) groups is 1. The van der Waals surface area contributed by atoms with Gasteiger partial charge < -0.3 is 19.6 Å². The van der Waals surface area contributed by atoms with Gasteiger partial charge in [-0.1, -0.05) is 35.9 Å². The van der Waals surface area contributed by atoms with Gasteiger partial charge in [0.05, 0.1) is 24.5 Å². The smallest absolute Gasteiger partial charge is 0.416 e. The van der Waals surface area contributed by atoms with Crippen LogP contribution in [0, 0.1) is 0 Å². The van der Waals surface area contributed by atoms with Crippen LogP contribution in [0.1, 0.15) is 36.5 Å². The maximum atomic E-state index is 12.6. The Morgan fingerprint density at radius 2 is 1.85 bits per heavy atom. The lowest BCUT2D eigenvalue weighted by Gasteiger charge is -2.14. The van der Waals surface area contributed by atoms with E-state index < -0.39 is 11.7 Å². The van der Waals surface area contributed by atoms with Crippen LogP contribution in [-0.2, 0) is 27.2 Å². The van der Waals surface area contributed by atoms with E-state index in [1.165, 1.54) is 12.1 Å². The van der Waals surface area contributed by atoms with Crippen LogP contribution in [0.5, 0.6) is 5.75 Å². The van der Waals surface area contributed by atoms with Crippen LogP contribution in [0.3, 0.4) is 0 Å². The second-order valence-corrected chi connectivity index (χ2v) is 7.64. The van der Waals surface area contributed by atoms with Crippen LogP contribution >= 0.6 is 0 Å². The number of hydrogen-bond donors (Lipinski definition) is 1. The van der Waals surface area contributed by atoms with Crippen molar-refractivity contribution in [2.45, 2.75) is 32.5 Å². The molecule has 0 aromatic heterocycles. The summed E-state index contributed by atoms with van der Waals surface area (Å²) in [6.45, 7) is 3.64. The highest BCUT2D eigenvalue weighted by Gasteiger charge is 2.29. The first-order chi connectivity index (χ1) is 16.3. The van der Waals surface area contributed by atoms with Gasteiger partial charge in [0.25, 0.3) is 5.91 Å². The minimum atomic E-state index is -4.37. The van der Waals surface area contributed by atoms with Crippen molar-refractivity contribution < 1.29 is 32.3 Å². The maximum Gasteiger partial charge on any atom is 0.416 e. The molecule has 2 aromatic carbocycles. The van der Waals surface area contributed by atoms with E-state index in [1.807, 2.05) is 25.1 Å². The average Bonchev–Trinajstić information content (AvgIpc) is 2.85. The van der Waals surface area contributed by atoms with E-state index in [1.54, 1.807) is 12.1 Å². The van der Waals surface area contributed by atoms with E-state index in [0.29, 0.717) is 43.2 Å². The van der Waals surface area contributed by atoms with E-state index in [0.717, 1.165) is 29.7 Å². The molecule has 9 heteroatoms. The fourth-order valence-corrected chi connectivity index (χ4v) is 3.18. The zero-order chi connectivity index (χ0) is 24.4. The standard InChI is InChI=1S/C25H27F3N2O4/c1-2-23(30-34-16-19-3-7-21(8-4-19)25(26,27)28)20-5-9-22(10-6-20)33-17-24(31)29-15-18-11-13-32-14-12-18/h3-11H,2,12-17H2,1H3,(H,29,31). The van der Waals surface area contributed by atoms with Gasteiger partial charge in [0.1, 0.15) is 12.4 Å². The molecule has 0 bridgehead atoms. The van der Waals surface area contributed by atoms with E-state index in [2.05, 4.69) is 10.5 Å². The molecule has 0 fully saturated rings. The SMILES string of the molecule is CCC(=NOCc1ccc(C(F)(F)F)cc1)c1ccc(OCC(=O)NCC2=CCOCC2)cc1. The number of nitrogens with one attached hydrogen (secondary N) is 1. The van der Waals surface area contributed by atoms with E-state index in [-0.39, 0.29) is 19.1 Å². The van der Waals surface area contributed by atoms with E-state index in [9.17, 15) is 18.0 Å². The summed E-state index contributed by atoms with van der Waals surface area (Å²) < 4.78 is 48.7. The molecule has 0 aliphatic carbocycles. The monoisotopic (exact) mass is 476 g/mol. The molecule has 0 unspecified atom stereocenters. The molecular weight excluding hydrogens is 449 g/mol. The highest BCUT2D eigenvalue weighted by molar-refractivity contribution is 6.00. The molecule has 1 aliphatic rings. The van der Waals surface area contributed by atoms with Crippen molar-refractivity contribution in [3.05, 3.63) is 76.9 Å². The summed E-state index contributed by atoms with van der Waals surface area (Å²) in [6.07, 6.45) is -0.979. The van der Waals surface area contributed by atoms with Crippen LogP contribution in [0.25, 0.3) is 0 Å². The molecule has 3 rings (SSSR count). The molecular formula is C25H27F3N2O4. The summed E-state index contributed by atoms with van der Waals surface area (Å²) >= 11 is 0. The lowest BCUT2D eigenvalue weighted by atomic mass is 10.1. The molecule has 1 heterocycles. The molecule has 6 nitrogen and oxygen atoms in total. The third-order valence-electron chi connectivity index (χ3n) is 5.15. The van der Waals surface area contributed by atoms with Crippen LogP contribution in [0.2, 0.25) is 0 Å². The topological polar surface area (TPSA) is 69.2 Å². The van der Waals surface area contributed by atoms with Gasteiger partial charge in [-0.15, -0.1) is 0 Å². The average molecular weight is 476 g/mol. The lowest BCUT2D eigenvalue weighted by Crippen LogP contribution is -2.31. The summed E-state index contributed by atoms with van der Waals surface area (Å²) in [6, 6.07) is 11.9. The van der Waals surface area contributed by atoms with E-state index >= 15 is 0 Å². The van der Waals surface area contributed by atoms with Crippen molar-refractivity contribution in [2.24, 2.45) is 5.16 Å². The first kappa shape index (κ1) is 25.3. The Hall–Kier alpha value is -3.33. The number of rotatable bonds is 10. The fourth-order valence-electron chi connectivity index (χ4n) is 3.18. The van der Waals surface area contributed by atoms with Crippen molar-refractivity contribution in [3.63, 3.8) is 0 Å². The van der Waals surface area contributed by atoms with Crippen molar-refractivity contribution in [2.75, 3.05) is 26.4 Å². The number of hydrogen-bond acceptors (Lipinski definition) is 5. The molecule has 0 saturated heterocycles. The highest BCUT2D eigenvalue weighted by atomic mass is 19.4. The zero-order valence-electron chi connectivity index (χ0n) is 18.9. The molecule has 1 aliphatic heterocycles. The number of carbonyl (C=O) groups excluding carboxylic acids is 1. The Morgan fingerprint density at radius 3 is 2.47 bits per heavy atom. The number of halogens is 3. The predicted molar refractivity (Wildman–Crippen MR) is 122 cm³/mol. The lowest BCUT2D eigenvalue weighted by molar-refractivity contribution is -0.137. The number of alkyl halides is 3. The Balaban J connectivity index is 1.46. The number of oxime groups is 1. The Labute approximate surface area is 196 Å². The molecule has 0 atom stereocenters. The van der Waals surface area contributed by atoms with Gasteiger partial charge in [0.2, 0.25) is 0 Å². The van der Waals surface area contributed by atoms with Crippen LogP contribution in [0.15, 0.2) is 65.3 Å². The zero-order valence-corrected chi connectivity index (χ0v) is 18.9. The van der Waals surface area contributed by atoms with Gasteiger partial charge in [0.15, 0.2) is 6.61 Å².